The molecule has 2 heteroatoms. The molecule has 0 bridgehead atoms. The van der Waals surface area contributed by atoms with Gasteiger partial charge in [0.05, 0.1) is 6.04 Å². The largest absolute Gasteiger partial charge is 0.334 e. The maximum Gasteiger partial charge on any atom is 0.0560 e. The van der Waals surface area contributed by atoms with E-state index in [1.165, 1.54) is 44.5 Å². The fraction of sp³-hybridized carbons (Fsp3) is 0.0909. The van der Waals surface area contributed by atoms with Gasteiger partial charge >= 0.3 is 0 Å². The lowest BCUT2D eigenvalue weighted by atomic mass is 9.94. The Morgan fingerprint density at radius 1 is 0.351 bits per heavy atom. The van der Waals surface area contributed by atoms with Crippen molar-refractivity contribution in [1.29, 1.82) is 0 Å². The Labute approximate surface area is 337 Å². The number of anilines is 5. The van der Waals surface area contributed by atoms with Crippen LogP contribution in [0.25, 0.3) is 33.4 Å². The maximum absolute atomic E-state index is 2.48. The Morgan fingerprint density at radius 3 is 1.14 bits per heavy atom. The maximum atomic E-state index is 2.48. The normalized spacial score (nSPS) is 16.1. The zero-order chi connectivity index (χ0) is 38.4. The summed E-state index contributed by atoms with van der Waals surface area (Å²) in [7, 11) is 0. The number of nitrogens with zero attached hydrogens (tertiary/aromatic N) is 2. The minimum Gasteiger partial charge on any atom is -0.334 e. The molecule has 7 aromatic rings. The molecule has 2 aliphatic carbocycles. The van der Waals surface area contributed by atoms with E-state index in [2.05, 4.69) is 241 Å². The Kier molecular flexibility index (Phi) is 10.3. The summed E-state index contributed by atoms with van der Waals surface area (Å²) in [5, 5.41) is 0. The first kappa shape index (κ1) is 35.8. The molecule has 0 heterocycles. The second-order valence-electron chi connectivity index (χ2n) is 15.0. The van der Waals surface area contributed by atoms with Gasteiger partial charge in [0, 0.05) is 28.4 Å². The quantitative estimate of drug-likeness (QED) is 0.138. The van der Waals surface area contributed by atoms with Crippen LogP contribution in [0.5, 0.6) is 0 Å². The first-order valence-corrected chi connectivity index (χ1v) is 20.1. The third-order valence-corrected chi connectivity index (χ3v) is 11.2. The van der Waals surface area contributed by atoms with Crippen LogP contribution in [0.1, 0.15) is 30.9 Å². The molecule has 2 nitrogen and oxygen atoms in total. The topological polar surface area (TPSA) is 6.48 Å². The van der Waals surface area contributed by atoms with Gasteiger partial charge in [-0.1, -0.05) is 171 Å². The van der Waals surface area contributed by atoms with Crippen molar-refractivity contribution in [2.45, 2.75) is 25.8 Å². The summed E-state index contributed by atoms with van der Waals surface area (Å²) in [5.41, 5.74) is 15.6. The van der Waals surface area contributed by atoms with Gasteiger partial charge < -0.3 is 9.80 Å². The third kappa shape index (κ3) is 7.94. The summed E-state index contributed by atoms with van der Waals surface area (Å²) in [6.07, 6.45) is 15.9. The van der Waals surface area contributed by atoms with Gasteiger partial charge in [0.1, 0.15) is 0 Å². The van der Waals surface area contributed by atoms with Gasteiger partial charge in [-0.25, -0.2) is 0 Å². The fourth-order valence-corrected chi connectivity index (χ4v) is 8.01. The molecule has 0 aliphatic heterocycles. The highest BCUT2D eigenvalue weighted by molar-refractivity contribution is 5.83. The minimum absolute atomic E-state index is 0.159. The predicted molar refractivity (Wildman–Crippen MR) is 243 cm³/mol. The van der Waals surface area contributed by atoms with Crippen molar-refractivity contribution in [3.8, 4) is 22.3 Å². The van der Waals surface area contributed by atoms with E-state index in [0.29, 0.717) is 5.92 Å². The van der Waals surface area contributed by atoms with Crippen LogP contribution in [-0.4, -0.2) is 6.04 Å². The molecule has 0 saturated heterocycles. The minimum atomic E-state index is 0.159. The zero-order valence-corrected chi connectivity index (χ0v) is 32.3. The molecule has 2 atom stereocenters. The van der Waals surface area contributed by atoms with Crippen LogP contribution < -0.4 is 9.80 Å². The molecule has 57 heavy (non-hydrogen) atoms. The van der Waals surface area contributed by atoms with Gasteiger partial charge in [0.25, 0.3) is 0 Å². The lowest BCUT2D eigenvalue weighted by Crippen LogP contribution is -2.30. The Bertz CT molecular complexity index is 2530. The molecule has 0 amide bonds. The summed E-state index contributed by atoms with van der Waals surface area (Å²) >= 11 is 0. The highest BCUT2D eigenvalue weighted by Crippen LogP contribution is 2.40. The Balaban J connectivity index is 1.07. The Morgan fingerprint density at radius 2 is 0.702 bits per heavy atom. The summed E-state index contributed by atoms with van der Waals surface area (Å²) in [6.45, 7) is 2.27. The molecule has 276 valence electrons. The molecular weight excluding hydrogens is 689 g/mol. The fourth-order valence-electron chi connectivity index (χ4n) is 8.01. The van der Waals surface area contributed by atoms with Gasteiger partial charge in [-0.2, -0.15) is 0 Å². The van der Waals surface area contributed by atoms with E-state index in [1.807, 2.05) is 0 Å². The second kappa shape index (κ2) is 16.5. The van der Waals surface area contributed by atoms with E-state index in [1.54, 1.807) is 0 Å². The van der Waals surface area contributed by atoms with Crippen molar-refractivity contribution in [3.05, 3.63) is 236 Å². The van der Waals surface area contributed by atoms with Gasteiger partial charge in [-0.3, -0.25) is 0 Å². The number of hydrogen-bond acceptors (Lipinski definition) is 2. The number of allylic oxidation sites excluding steroid dienone is 6. The van der Waals surface area contributed by atoms with Crippen molar-refractivity contribution in [1.82, 2.24) is 0 Å². The average molecular weight is 735 g/mol. The summed E-state index contributed by atoms with van der Waals surface area (Å²) in [5.74, 6) is 0.590. The van der Waals surface area contributed by atoms with Crippen LogP contribution in [0.3, 0.4) is 0 Å². The number of rotatable bonds is 10. The molecule has 7 aromatic carbocycles. The molecule has 2 aliphatic rings. The molecule has 2 unspecified atom stereocenters. The summed E-state index contributed by atoms with van der Waals surface area (Å²) < 4.78 is 0. The predicted octanol–water partition coefficient (Wildman–Crippen LogP) is 15.0. The molecule has 0 spiro atoms. The van der Waals surface area contributed by atoms with E-state index < -0.39 is 0 Å². The van der Waals surface area contributed by atoms with Gasteiger partial charge in [-0.05, 0) is 124 Å². The standard InChI is InChI=1S/C55H46N2/c1-41-17-19-45(20-18-41)49-27-35-53(36-28-49)57(52-33-25-48(26-34-52)44-15-9-4-10-16-44)55-39-37-54(38-40-55)56(50-29-21-46(22-30-50)42-11-5-2-6-12-42)51-31-23-47(24-32-51)43-13-7-3-8-14-43/h2-17,19-31,33-41,51H,18,32H2,1H3. The summed E-state index contributed by atoms with van der Waals surface area (Å²) in [4.78, 5) is 4.84. The lowest BCUT2D eigenvalue weighted by molar-refractivity contribution is 0.739. The molecule has 0 fully saturated rings. The number of hydrogen-bond donors (Lipinski definition) is 0. The average Bonchev–Trinajstić information content (AvgIpc) is 3.29. The third-order valence-electron chi connectivity index (χ3n) is 11.2. The molecule has 0 radical (unpaired) electrons. The van der Waals surface area contributed by atoms with Crippen molar-refractivity contribution in [2.75, 3.05) is 9.80 Å². The zero-order valence-electron chi connectivity index (χ0n) is 32.3. The van der Waals surface area contributed by atoms with E-state index in [9.17, 15) is 0 Å². The molecular formula is C55H46N2. The van der Waals surface area contributed by atoms with Crippen LogP contribution in [-0.2, 0) is 0 Å². The summed E-state index contributed by atoms with van der Waals surface area (Å²) in [6, 6.07) is 68.1. The van der Waals surface area contributed by atoms with Crippen LogP contribution in [0.4, 0.5) is 28.4 Å². The van der Waals surface area contributed by atoms with Crippen LogP contribution in [0.2, 0.25) is 0 Å². The van der Waals surface area contributed by atoms with E-state index >= 15 is 0 Å². The molecule has 0 N–H and O–H groups in total. The van der Waals surface area contributed by atoms with Crippen LogP contribution in [0, 0.1) is 5.92 Å². The highest BCUT2D eigenvalue weighted by Gasteiger charge is 2.22. The van der Waals surface area contributed by atoms with E-state index in [-0.39, 0.29) is 6.04 Å². The number of benzene rings is 7. The molecule has 0 aromatic heterocycles. The van der Waals surface area contributed by atoms with Gasteiger partial charge in [0.15, 0.2) is 0 Å². The van der Waals surface area contributed by atoms with Crippen molar-refractivity contribution in [2.24, 2.45) is 5.92 Å². The smallest absolute Gasteiger partial charge is 0.0560 e. The Hall–Kier alpha value is -6.90. The molecule has 0 saturated carbocycles. The molecule has 9 rings (SSSR count). The first-order valence-electron chi connectivity index (χ1n) is 20.1. The first-order chi connectivity index (χ1) is 28.2. The van der Waals surface area contributed by atoms with Crippen molar-refractivity contribution < 1.29 is 0 Å². The van der Waals surface area contributed by atoms with Crippen molar-refractivity contribution >= 4 is 39.6 Å². The second-order valence-corrected chi connectivity index (χ2v) is 15.0. The monoisotopic (exact) mass is 734 g/mol. The van der Waals surface area contributed by atoms with Gasteiger partial charge in [0.2, 0.25) is 0 Å². The van der Waals surface area contributed by atoms with Gasteiger partial charge in [-0.15, -0.1) is 0 Å². The highest BCUT2D eigenvalue weighted by atomic mass is 15.2. The van der Waals surface area contributed by atoms with E-state index in [4.69, 9.17) is 0 Å². The SMILES string of the molecule is CC1C=CC(c2ccc(N(c3ccc(-c4ccccc4)cc3)c3ccc(N(c4ccc(-c5ccccc5)cc4)C4C=CC(c5ccccc5)=CC4)cc3)cc2)=CC1. The van der Waals surface area contributed by atoms with Crippen LogP contribution in [0.15, 0.2) is 225 Å². The van der Waals surface area contributed by atoms with E-state index in [0.717, 1.165) is 41.3 Å². The lowest BCUT2D eigenvalue weighted by Gasteiger charge is -2.34. The van der Waals surface area contributed by atoms with Crippen molar-refractivity contribution in [3.63, 3.8) is 0 Å². The van der Waals surface area contributed by atoms with Crippen LogP contribution >= 0.6 is 0 Å².